The number of hydrogen-bond acceptors (Lipinski definition) is 4. The fourth-order valence-electron chi connectivity index (χ4n) is 4.35. The Bertz CT molecular complexity index is 1140. The first-order valence-corrected chi connectivity index (χ1v) is 12.7. The van der Waals surface area contributed by atoms with Crippen LogP contribution in [-0.2, 0) is 9.59 Å². The molecule has 0 radical (unpaired) electrons. The van der Waals surface area contributed by atoms with Crippen molar-refractivity contribution in [3.63, 3.8) is 0 Å². The van der Waals surface area contributed by atoms with Gasteiger partial charge in [-0.15, -0.1) is 0 Å². The molecule has 37 heavy (non-hydrogen) atoms. The van der Waals surface area contributed by atoms with Crippen molar-refractivity contribution >= 4 is 29.2 Å². The molecule has 1 saturated heterocycles. The van der Waals surface area contributed by atoms with Crippen molar-refractivity contribution in [2.24, 2.45) is 0 Å². The summed E-state index contributed by atoms with van der Waals surface area (Å²) in [6, 6.07) is 28.1. The number of aliphatic carboxylic acids is 2. The van der Waals surface area contributed by atoms with Crippen molar-refractivity contribution in [2.45, 2.75) is 19.3 Å². The molecule has 0 aliphatic carbocycles. The monoisotopic (exact) mass is 520 g/mol. The smallest absolute Gasteiger partial charge is 0.328 e. The van der Waals surface area contributed by atoms with E-state index in [1.165, 1.54) is 22.4 Å². The highest BCUT2D eigenvalue weighted by molar-refractivity contribution is 6.30. The molecule has 1 heterocycles. The van der Waals surface area contributed by atoms with Crippen LogP contribution in [0.15, 0.2) is 91.0 Å². The third-order valence-corrected chi connectivity index (χ3v) is 6.60. The maximum absolute atomic E-state index is 9.55. The first-order chi connectivity index (χ1) is 17.8. The molecule has 3 aromatic rings. The Balaban J connectivity index is 0.000000414. The van der Waals surface area contributed by atoms with Gasteiger partial charge in [0.1, 0.15) is 0 Å². The summed E-state index contributed by atoms with van der Waals surface area (Å²) in [6.07, 6.45) is 2.24. The van der Waals surface area contributed by atoms with Crippen molar-refractivity contribution in [1.29, 1.82) is 0 Å². The van der Waals surface area contributed by atoms with E-state index in [1.54, 1.807) is 0 Å². The molecule has 0 bridgehead atoms. The predicted molar refractivity (Wildman–Crippen MR) is 149 cm³/mol. The number of aryl methyl sites for hydroxylation is 1. The predicted octanol–water partition coefficient (Wildman–Crippen LogP) is 5.70. The number of carbonyl (C=O) groups is 2. The molecule has 1 aliphatic heterocycles. The second kappa shape index (κ2) is 14.2. The molecule has 4 rings (SSSR count). The third kappa shape index (κ3) is 9.41. The Morgan fingerprint density at radius 2 is 1.35 bits per heavy atom. The minimum absolute atomic E-state index is 0.406. The van der Waals surface area contributed by atoms with Crippen LogP contribution in [0.2, 0.25) is 5.02 Å². The van der Waals surface area contributed by atoms with Gasteiger partial charge in [-0.2, -0.15) is 0 Å². The second-order valence-corrected chi connectivity index (χ2v) is 9.41. The van der Waals surface area contributed by atoms with Crippen LogP contribution in [0.4, 0.5) is 5.69 Å². The first kappa shape index (κ1) is 28.0. The summed E-state index contributed by atoms with van der Waals surface area (Å²) in [7, 11) is 0. The molecular weight excluding hydrogens is 488 g/mol. The van der Waals surface area contributed by atoms with Gasteiger partial charge in [-0.05, 0) is 55.3 Å². The largest absolute Gasteiger partial charge is 0.478 e. The number of carboxylic acids is 2. The number of anilines is 1. The molecule has 0 aromatic heterocycles. The maximum atomic E-state index is 9.55. The molecular formula is C30H33ClN2O4. The lowest BCUT2D eigenvalue weighted by atomic mass is 9.88. The van der Waals surface area contributed by atoms with Gasteiger partial charge in [0.05, 0.1) is 0 Å². The highest BCUT2D eigenvalue weighted by atomic mass is 35.5. The van der Waals surface area contributed by atoms with Crippen LogP contribution in [0.25, 0.3) is 0 Å². The van der Waals surface area contributed by atoms with E-state index in [0.29, 0.717) is 18.1 Å². The molecule has 3 aromatic carbocycles. The van der Waals surface area contributed by atoms with E-state index in [-0.39, 0.29) is 0 Å². The van der Waals surface area contributed by atoms with E-state index in [4.69, 9.17) is 21.8 Å². The van der Waals surface area contributed by atoms with Gasteiger partial charge in [0.25, 0.3) is 0 Å². The number of halogens is 1. The standard InChI is InChI=1S/C26H29ClN2.C4H4O4/c1-21-7-13-25(14-8-21)29-19-17-28(18-20-29)16-15-26(22-5-3-2-4-6-22)23-9-11-24(27)12-10-23;5-3(6)1-2-4(7)8/h2-14,26H,15-20H2,1H3;1-2H,(H,5,6)(H,7,8)/b;2-1-. The normalized spacial score (nSPS) is 14.6. The topological polar surface area (TPSA) is 81.1 Å². The van der Waals surface area contributed by atoms with Crippen molar-refractivity contribution < 1.29 is 19.8 Å². The van der Waals surface area contributed by atoms with Gasteiger partial charge >= 0.3 is 11.9 Å². The third-order valence-electron chi connectivity index (χ3n) is 6.35. The van der Waals surface area contributed by atoms with E-state index >= 15 is 0 Å². The number of rotatable bonds is 8. The number of piperazine rings is 1. The minimum Gasteiger partial charge on any atom is -0.478 e. The maximum Gasteiger partial charge on any atom is 0.328 e. The van der Waals surface area contributed by atoms with Gasteiger partial charge in [-0.25, -0.2) is 9.59 Å². The van der Waals surface area contributed by atoms with Crippen molar-refractivity contribution in [1.82, 2.24) is 4.90 Å². The van der Waals surface area contributed by atoms with Crippen LogP contribution >= 0.6 is 11.6 Å². The fourth-order valence-corrected chi connectivity index (χ4v) is 4.47. The average Bonchev–Trinajstić information content (AvgIpc) is 2.90. The number of carboxylic acid groups (broad SMARTS) is 2. The lowest BCUT2D eigenvalue weighted by Gasteiger charge is -2.36. The molecule has 0 amide bonds. The first-order valence-electron chi connectivity index (χ1n) is 12.3. The Morgan fingerprint density at radius 3 is 1.89 bits per heavy atom. The van der Waals surface area contributed by atoms with Crippen LogP contribution in [0.3, 0.4) is 0 Å². The SMILES string of the molecule is Cc1ccc(N2CCN(CCC(c3ccccc3)c3ccc(Cl)cc3)CC2)cc1.O=C(O)/C=C\C(=O)O. The van der Waals surface area contributed by atoms with E-state index in [0.717, 1.165) is 44.2 Å². The molecule has 2 N–H and O–H groups in total. The molecule has 0 saturated carbocycles. The summed E-state index contributed by atoms with van der Waals surface area (Å²) in [5, 5.41) is 16.4. The van der Waals surface area contributed by atoms with Crippen LogP contribution < -0.4 is 4.90 Å². The summed E-state index contributed by atoms with van der Waals surface area (Å²) in [5.74, 6) is -2.11. The summed E-state index contributed by atoms with van der Waals surface area (Å²) >= 11 is 6.12. The molecule has 1 atom stereocenters. The van der Waals surface area contributed by atoms with Crippen molar-refractivity contribution in [3.8, 4) is 0 Å². The molecule has 6 nitrogen and oxygen atoms in total. The van der Waals surface area contributed by atoms with Crippen LogP contribution in [0.5, 0.6) is 0 Å². The molecule has 0 spiro atoms. The fraction of sp³-hybridized carbons (Fsp3) is 0.267. The lowest BCUT2D eigenvalue weighted by Crippen LogP contribution is -2.46. The van der Waals surface area contributed by atoms with E-state index in [9.17, 15) is 9.59 Å². The Labute approximate surface area is 223 Å². The quantitative estimate of drug-likeness (QED) is 0.371. The summed E-state index contributed by atoms with van der Waals surface area (Å²) in [5.41, 5.74) is 5.40. The van der Waals surface area contributed by atoms with Gasteiger partial charge in [-0.3, -0.25) is 4.90 Å². The Morgan fingerprint density at radius 1 is 0.811 bits per heavy atom. The van der Waals surface area contributed by atoms with E-state index in [2.05, 4.69) is 83.5 Å². The van der Waals surface area contributed by atoms with Crippen LogP contribution in [-0.4, -0.2) is 59.8 Å². The Kier molecular flexibility index (Phi) is 10.7. The van der Waals surface area contributed by atoms with Gasteiger partial charge in [0.2, 0.25) is 0 Å². The number of benzene rings is 3. The number of nitrogens with zero attached hydrogens (tertiary/aromatic N) is 2. The van der Waals surface area contributed by atoms with Gasteiger partial charge < -0.3 is 15.1 Å². The van der Waals surface area contributed by atoms with Crippen molar-refractivity contribution in [2.75, 3.05) is 37.6 Å². The lowest BCUT2D eigenvalue weighted by molar-refractivity contribution is -0.134. The highest BCUT2D eigenvalue weighted by Crippen LogP contribution is 2.29. The van der Waals surface area contributed by atoms with E-state index in [1.807, 2.05) is 12.1 Å². The zero-order valence-electron chi connectivity index (χ0n) is 21.0. The second-order valence-electron chi connectivity index (χ2n) is 8.98. The molecule has 1 unspecified atom stereocenters. The summed E-state index contributed by atoms with van der Waals surface area (Å²) in [6.45, 7) is 7.70. The number of hydrogen-bond donors (Lipinski definition) is 2. The molecule has 7 heteroatoms. The Hall–Kier alpha value is -3.61. The minimum atomic E-state index is -1.26. The van der Waals surface area contributed by atoms with Gasteiger partial charge in [0.15, 0.2) is 0 Å². The summed E-state index contributed by atoms with van der Waals surface area (Å²) < 4.78 is 0. The van der Waals surface area contributed by atoms with Gasteiger partial charge in [-0.1, -0.05) is 71.8 Å². The average molecular weight is 521 g/mol. The zero-order valence-corrected chi connectivity index (χ0v) is 21.7. The molecule has 1 fully saturated rings. The van der Waals surface area contributed by atoms with Crippen molar-refractivity contribution in [3.05, 3.63) is 113 Å². The van der Waals surface area contributed by atoms with Crippen LogP contribution in [0.1, 0.15) is 29.0 Å². The van der Waals surface area contributed by atoms with Crippen LogP contribution in [0, 0.1) is 6.92 Å². The molecule has 194 valence electrons. The summed E-state index contributed by atoms with van der Waals surface area (Å²) in [4.78, 5) is 24.2. The van der Waals surface area contributed by atoms with Gasteiger partial charge in [0, 0.05) is 55.0 Å². The zero-order chi connectivity index (χ0) is 26.6. The molecule has 1 aliphatic rings. The van der Waals surface area contributed by atoms with E-state index < -0.39 is 11.9 Å². The highest BCUT2D eigenvalue weighted by Gasteiger charge is 2.20.